The van der Waals surface area contributed by atoms with Crippen molar-refractivity contribution in [3.63, 3.8) is 0 Å². The lowest BCUT2D eigenvalue weighted by Gasteiger charge is -2.22. The molecule has 0 bridgehead atoms. The van der Waals surface area contributed by atoms with Crippen LogP contribution < -0.4 is 0 Å². The molecule has 12 heteroatoms. The summed E-state index contributed by atoms with van der Waals surface area (Å²) in [7, 11) is 3.22. The first-order valence-corrected chi connectivity index (χ1v) is 12.5. The summed E-state index contributed by atoms with van der Waals surface area (Å²) in [6, 6.07) is 9.11. The van der Waals surface area contributed by atoms with E-state index in [1.807, 2.05) is 11.0 Å². The number of halogens is 4. The third-order valence-corrected chi connectivity index (χ3v) is 6.95. The van der Waals surface area contributed by atoms with E-state index in [2.05, 4.69) is 10.1 Å². The molecule has 0 N–H and O–H groups in total. The number of carbonyl (C=O) groups excluding carboxylic acids is 1. The molecule has 0 spiro atoms. The maximum Gasteiger partial charge on any atom is 0.416 e. The monoisotopic (exact) mass is 552 g/mol. The zero-order valence-corrected chi connectivity index (χ0v) is 21.7. The Labute approximate surface area is 220 Å². The molecule has 0 radical (unpaired) electrons. The fourth-order valence-electron chi connectivity index (χ4n) is 3.82. The van der Waals surface area contributed by atoms with Crippen LogP contribution in [0.15, 0.2) is 52.5 Å². The second kappa shape index (κ2) is 11.7. The molecule has 1 amide bonds. The predicted octanol–water partition coefficient (Wildman–Crippen LogP) is 5.32. The summed E-state index contributed by atoms with van der Waals surface area (Å²) < 4.78 is 52.3. The Morgan fingerprint density at radius 1 is 1.11 bits per heavy atom. The van der Waals surface area contributed by atoms with Gasteiger partial charge in [0.05, 0.1) is 41.9 Å². The number of hydrogen-bond donors (Lipinski definition) is 0. The number of ether oxygens (including phenoxy) is 2. The van der Waals surface area contributed by atoms with Crippen molar-refractivity contribution in [2.24, 2.45) is 4.99 Å². The smallest absolute Gasteiger partial charge is 0.383 e. The van der Waals surface area contributed by atoms with Gasteiger partial charge in [0.1, 0.15) is 0 Å². The third kappa shape index (κ3) is 6.53. The van der Waals surface area contributed by atoms with E-state index in [4.69, 9.17) is 21.1 Å². The van der Waals surface area contributed by atoms with Crippen LogP contribution >= 0.6 is 23.4 Å². The first kappa shape index (κ1) is 27.2. The maximum atomic E-state index is 13.5. The molecule has 2 aromatic carbocycles. The molecular formula is C25H24ClF3N4O3S. The molecule has 4 rings (SSSR count). The lowest BCUT2D eigenvalue weighted by Crippen LogP contribution is -2.34. The van der Waals surface area contributed by atoms with Crippen molar-refractivity contribution in [1.82, 2.24) is 14.7 Å². The van der Waals surface area contributed by atoms with E-state index in [1.54, 1.807) is 38.6 Å². The van der Waals surface area contributed by atoms with Crippen LogP contribution in [0.2, 0.25) is 5.02 Å². The number of methoxy groups -OCH3 is 2. The van der Waals surface area contributed by atoms with Crippen molar-refractivity contribution in [3.05, 3.63) is 69.2 Å². The minimum absolute atomic E-state index is 0.0195. The highest BCUT2D eigenvalue weighted by molar-refractivity contribution is 8.18. The lowest BCUT2D eigenvalue weighted by molar-refractivity contribution is -0.138. The van der Waals surface area contributed by atoms with Crippen molar-refractivity contribution in [3.8, 4) is 0 Å². The number of amides is 1. The van der Waals surface area contributed by atoms with Gasteiger partial charge in [-0.1, -0.05) is 23.7 Å². The summed E-state index contributed by atoms with van der Waals surface area (Å²) >= 11 is 7.07. The second-order valence-corrected chi connectivity index (χ2v) is 9.65. The van der Waals surface area contributed by atoms with Gasteiger partial charge in [0.15, 0.2) is 5.17 Å². The second-order valence-electron chi connectivity index (χ2n) is 8.20. The van der Waals surface area contributed by atoms with Gasteiger partial charge in [-0.15, -0.1) is 0 Å². The molecule has 1 aliphatic rings. The number of carbonyl (C=O) groups is 1. The van der Waals surface area contributed by atoms with Gasteiger partial charge in [-0.25, -0.2) is 0 Å². The number of benzene rings is 2. The van der Waals surface area contributed by atoms with Crippen LogP contribution in [-0.4, -0.2) is 66.3 Å². The number of aromatic nitrogens is 2. The van der Waals surface area contributed by atoms with Crippen LogP contribution in [0.25, 0.3) is 17.0 Å². The molecule has 1 aromatic heterocycles. The molecule has 7 nitrogen and oxygen atoms in total. The number of amidine groups is 1. The van der Waals surface area contributed by atoms with Gasteiger partial charge < -0.3 is 14.4 Å². The fraction of sp³-hybridized carbons (Fsp3) is 0.320. The normalized spacial score (nSPS) is 15.1. The molecule has 196 valence electrons. The maximum absolute atomic E-state index is 13.5. The highest BCUT2D eigenvalue weighted by Gasteiger charge is 2.33. The summed E-state index contributed by atoms with van der Waals surface area (Å²) in [4.78, 5) is 19.2. The van der Waals surface area contributed by atoms with Crippen LogP contribution in [-0.2, 0) is 27.0 Å². The number of alkyl halides is 3. The topological polar surface area (TPSA) is 69.0 Å². The Bertz CT molecular complexity index is 1350. The zero-order chi connectivity index (χ0) is 26.6. The van der Waals surface area contributed by atoms with Gasteiger partial charge in [-0.05, 0) is 53.2 Å². The first-order valence-electron chi connectivity index (χ1n) is 11.3. The van der Waals surface area contributed by atoms with Gasteiger partial charge in [0.2, 0.25) is 0 Å². The minimum atomic E-state index is -4.53. The molecule has 37 heavy (non-hydrogen) atoms. The average Bonchev–Trinajstić information content (AvgIpc) is 3.42. The van der Waals surface area contributed by atoms with Crippen molar-refractivity contribution in [2.75, 3.05) is 40.5 Å². The quantitative estimate of drug-likeness (QED) is 0.335. The highest BCUT2D eigenvalue weighted by atomic mass is 35.5. The summed E-state index contributed by atoms with van der Waals surface area (Å²) in [6.45, 7) is 2.04. The van der Waals surface area contributed by atoms with E-state index < -0.39 is 11.7 Å². The largest absolute Gasteiger partial charge is 0.416 e. The van der Waals surface area contributed by atoms with E-state index in [9.17, 15) is 18.0 Å². The molecule has 0 saturated heterocycles. The van der Waals surface area contributed by atoms with Gasteiger partial charge >= 0.3 is 6.18 Å². The van der Waals surface area contributed by atoms with E-state index in [1.165, 1.54) is 28.6 Å². The number of rotatable bonds is 9. The molecule has 1 aliphatic heterocycles. The van der Waals surface area contributed by atoms with E-state index in [0.717, 1.165) is 17.0 Å². The third-order valence-electron chi connectivity index (χ3n) is 5.67. The Kier molecular flexibility index (Phi) is 8.58. The van der Waals surface area contributed by atoms with Crippen LogP contribution in [0, 0.1) is 0 Å². The predicted molar refractivity (Wildman–Crippen MR) is 139 cm³/mol. The molecule has 0 atom stereocenters. The Morgan fingerprint density at radius 2 is 1.84 bits per heavy atom. The van der Waals surface area contributed by atoms with Gasteiger partial charge in [0.25, 0.3) is 5.91 Å². The number of nitrogens with zero attached hydrogens (tertiary/aromatic N) is 4. The van der Waals surface area contributed by atoms with Crippen molar-refractivity contribution < 1.29 is 27.4 Å². The van der Waals surface area contributed by atoms with Gasteiger partial charge in [0, 0.05) is 37.7 Å². The summed E-state index contributed by atoms with van der Waals surface area (Å²) in [6.07, 6.45) is -1.20. The highest BCUT2D eigenvalue weighted by Crippen LogP contribution is 2.35. The van der Waals surface area contributed by atoms with Crippen LogP contribution in [0.5, 0.6) is 0 Å². The molecule has 0 fully saturated rings. The van der Waals surface area contributed by atoms with Crippen molar-refractivity contribution in [2.45, 2.75) is 12.7 Å². The summed E-state index contributed by atoms with van der Waals surface area (Å²) in [5.74, 6) is -0.335. The number of fused-ring (bicyclic) bond motifs is 1. The fourth-order valence-corrected chi connectivity index (χ4v) is 4.96. The first-order chi connectivity index (χ1) is 17.7. The Morgan fingerprint density at radius 3 is 2.51 bits per heavy atom. The van der Waals surface area contributed by atoms with Gasteiger partial charge in [-0.3, -0.25) is 9.48 Å². The summed E-state index contributed by atoms with van der Waals surface area (Å²) in [5, 5.41) is 5.62. The molecular weight excluding hydrogens is 529 g/mol. The van der Waals surface area contributed by atoms with E-state index >= 15 is 0 Å². The van der Waals surface area contributed by atoms with Crippen LogP contribution in [0.1, 0.15) is 16.7 Å². The van der Waals surface area contributed by atoms with Crippen molar-refractivity contribution in [1.29, 1.82) is 0 Å². The SMILES string of the molecule is COCCN(CCOC)C1=NC(=O)/C(=C/c2ccc3c(cnn3Cc3ccc(Cl)cc3C(F)(F)F)c2)S1. The molecule has 0 unspecified atom stereocenters. The molecule has 2 heterocycles. The average molecular weight is 553 g/mol. The van der Waals surface area contributed by atoms with E-state index in [0.29, 0.717) is 41.9 Å². The minimum Gasteiger partial charge on any atom is -0.383 e. The Balaban J connectivity index is 1.54. The van der Waals surface area contributed by atoms with Crippen molar-refractivity contribution >= 4 is 51.4 Å². The molecule has 0 saturated carbocycles. The van der Waals surface area contributed by atoms with Gasteiger partial charge in [-0.2, -0.15) is 23.3 Å². The molecule has 0 aliphatic carbocycles. The van der Waals surface area contributed by atoms with E-state index in [-0.39, 0.29) is 23.0 Å². The zero-order valence-electron chi connectivity index (χ0n) is 20.1. The number of aliphatic imine (C=N–C) groups is 1. The number of thioether (sulfide) groups is 1. The molecule has 3 aromatic rings. The van der Waals surface area contributed by atoms with Crippen LogP contribution in [0.3, 0.4) is 0 Å². The van der Waals surface area contributed by atoms with Crippen LogP contribution in [0.4, 0.5) is 13.2 Å². The standard InChI is InChI=1S/C25H24ClF3N4O3S/c1-35-9-7-32(8-10-36-2)24-31-23(34)22(37-24)12-16-3-6-21-18(11-16)14-30-33(21)15-17-4-5-19(26)13-20(17)25(27,28)29/h3-6,11-14H,7-10,15H2,1-2H3/b22-12-. The summed E-state index contributed by atoms with van der Waals surface area (Å²) in [5.41, 5.74) is 0.694. The lowest BCUT2D eigenvalue weighted by atomic mass is 10.1. The Hall–Kier alpha value is -2.86. The number of hydrogen-bond acceptors (Lipinski definition) is 6.